The van der Waals surface area contributed by atoms with E-state index >= 15 is 0 Å². The first-order chi connectivity index (χ1) is 15.7. The van der Waals surface area contributed by atoms with Crippen LogP contribution in [-0.2, 0) is 24.3 Å². The zero-order valence-electron chi connectivity index (χ0n) is 18.5. The van der Waals surface area contributed by atoms with Gasteiger partial charge in [-0.05, 0) is 48.5 Å². The van der Waals surface area contributed by atoms with E-state index < -0.39 is 22.5 Å². The Morgan fingerprint density at radius 2 is 1.61 bits per heavy atom. The van der Waals surface area contributed by atoms with Gasteiger partial charge in [0.15, 0.2) is 0 Å². The predicted octanol–water partition coefficient (Wildman–Crippen LogP) is 1.89. The number of halogens is 1. The summed E-state index contributed by atoms with van der Waals surface area (Å²) in [6.45, 7) is 2.41. The third-order valence-corrected chi connectivity index (χ3v) is 7.28. The van der Waals surface area contributed by atoms with Crippen LogP contribution >= 0.6 is 11.6 Å². The Hall–Kier alpha value is -2.66. The molecule has 1 aliphatic heterocycles. The lowest BCUT2D eigenvalue weighted by atomic mass is 10.2. The van der Waals surface area contributed by atoms with Crippen molar-refractivity contribution in [3.8, 4) is 0 Å². The van der Waals surface area contributed by atoms with Crippen LogP contribution < -0.4 is 10.2 Å². The van der Waals surface area contributed by atoms with Crippen LogP contribution in [0.2, 0.25) is 5.02 Å². The van der Waals surface area contributed by atoms with Gasteiger partial charge in [0.1, 0.15) is 0 Å². The van der Waals surface area contributed by atoms with Crippen LogP contribution in [0.15, 0.2) is 53.4 Å². The lowest BCUT2D eigenvalue weighted by molar-refractivity contribution is -0.133. The molecule has 0 aromatic heterocycles. The van der Waals surface area contributed by atoms with Gasteiger partial charge in [0.2, 0.25) is 21.8 Å². The number of anilines is 2. The standard InChI is InChI=1S/C22H27ClN4O5S/c1-25(22(29)16-26(2)33(30,31)20-9-3-17(23)4-10-20)15-21(28)24-18-5-7-19(8-6-18)27-11-13-32-14-12-27/h3-10H,11-16H2,1-2H3,(H,24,28). The number of hydrogen-bond donors (Lipinski definition) is 1. The molecule has 1 N–H and O–H groups in total. The van der Waals surface area contributed by atoms with Crippen molar-refractivity contribution in [1.82, 2.24) is 9.21 Å². The van der Waals surface area contributed by atoms with Crippen LogP contribution in [-0.4, -0.2) is 82.9 Å². The number of rotatable bonds is 8. The summed E-state index contributed by atoms with van der Waals surface area (Å²) in [5, 5.41) is 3.16. The molecule has 1 aliphatic rings. The first-order valence-corrected chi connectivity index (χ1v) is 12.2. The normalized spacial score (nSPS) is 14.2. The van der Waals surface area contributed by atoms with Gasteiger partial charge in [-0.25, -0.2) is 8.42 Å². The second kappa shape index (κ2) is 11.0. The van der Waals surface area contributed by atoms with Crippen molar-refractivity contribution < 1.29 is 22.7 Å². The third kappa shape index (κ3) is 6.67. The molecule has 2 aromatic carbocycles. The van der Waals surface area contributed by atoms with Crippen molar-refractivity contribution in [2.75, 3.05) is 63.7 Å². The zero-order valence-corrected chi connectivity index (χ0v) is 20.1. The summed E-state index contributed by atoms with van der Waals surface area (Å²) in [5.74, 6) is -0.888. The van der Waals surface area contributed by atoms with Gasteiger partial charge in [-0.2, -0.15) is 4.31 Å². The minimum Gasteiger partial charge on any atom is -0.378 e. The maximum absolute atomic E-state index is 12.6. The van der Waals surface area contributed by atoms with Crippen LogP contribution in [0.4, 0.5) is 11.4 Å². The molecule has 9 nitrogen and oxygen atoms in total. The highest BCUT2D eigenvalue weighted by atomic mass is 35.5. The second-order valence-electron chi connectivity index (χ2n) is 7.66. The van der Waals surface area contributed by atoms with Crippen molar-refractivity contribution in [2.45, 2.75) is 4.90 Å². The van der Waals surface area contributed by atoms with Gasteiger partial charge in [-0.15, -0.1) is 0 Å². The monoisotopic (exact) mass is 494 g/mol. The van der Waals surface area contributed by atoms with Gasteiger partial charge in [0, 0.05) is 43.6 Å². The van der Waals surface area contributed by atoms with E-state index in [1.165, 1.54) is 43.3 Å². The smallest absolute Gasteiger partial charge is 0.243 e. The molecule has 33 heavy (non-hydrogen) atoms. The number of ether oxygens (including phenoxy) is 1. The molecule has 3 rings (SSSR count). The Balaban J connectivity index is 1.51. The molecule has 1 saturated heterocycles. The maximum Gasteiger partial charge on any atom is 0.243 e. The summed E-state index contributed by atoms with van der Waals surface area (Å²) >= 11 is 5.80. The number of amides is 2. The summed E-state index contributed by atoms with van der Waals surface area (Å²) in [7, 11) is -1.10. The van der Waals surface area contributed by atoms with Crippen molar-refractivity contribution in [3.05, 3.63) is 53.6 Å². The number of nitrogens with zero attached hydrogens (tertiary/aromatic N) is 3. The average Bonchev–Trinajstić information content (AvgIpc) is 2.80. The lowest BCUT2D eigenvalue weighted by Gasteiger charge is -2.29. The summed E-state index contributed by atoms with van der Waals surface area (Å²) in [5.41, 5.74) is 1.66. The molecular formula is C22H27ClN4O5S. The van der Waals surface area contributed by atoms with E-state index in [-0.39, 0.29) is 17.3 Å². The van der Waals surface area contributed by atoms with E-state index in [9.17, 15) is 18.0 Å². The van der Waals surface area contributed by atoms with Gasteiger partial charge < -0.3 is 19.9 Å². The fraction of sp³-hybridized carbons (Fsp3) is 0.364. The molecule has 2 amide bonds. The van der Waals surface area contributed by atoms with Crippen molar-refractivity contribution in [3.63, 3.8) is 0 Å². The molecule has 0 radical (unpaired) electrons. The van der Waals surface area contributed by atoms with E-state index in [1.807, 2.05) is 12.1 Å². The maximum atomic E-state index is 12.6. The zero-order chi connectivity index (χ0) is 24.0. The van der Waals surface area contributed by atoms with E-state index in [1.54, 1.807) is 12.1 Å². The summed E-state index contributed by atoms with van der Waals surface area (Å²) in [6.07, 6.45) is 0. The van der Waals surface area contributed by atoms with Gasteiger partial charge in [-0.3, -0.25) is 9.59 Å². The highest BCUT2D eigenvalue weighted by Crippen LogP contribution is 2.19. The van der Waals surface area contributed by atoms with E-state index in [2.05, 4.69) is 10.2 Å². The topological polar surface area (TPSA) is 99.3 Å². The Bertz CT molecular complexity index is 1070. The molecule has 0 bridgehead atoms. The van der Waals surface area contributed by atoms with Crippen molar-refractivity contribution in [1.29, 1.82) is 0 Å². The minimum absolute atomic E-state index is 0.0307. The number of nitrogens with one attached hydrogen (secondary N) is 1. The Morgan fingerprint density at radius 3 is 2.21 bits per heavy atom. The molecule has 1 fully saturated rings. The first kappa shape index (κ1) is 25.0. The number of likely N-dealkylation sites (N-methyl/N-ethyl adjacent to an activating group) is 2. The van der Waals surface area contributed by atoms with Crippen LogP contribution in [0.5, 0.6) is 0 Å². The van der Waals surface area contributed by atoms with Gasteiger partial charge >= 0.3 is 0 Å². The SMILES string of the molecule is CN(CC(=O)Nc1ccc(N2CCOCC2)cc1)C(=O)CN(C)S(=O)(=O)c1ccc(Cl)cc1. The average molecular weight is 495 g/mol. The molecule has 0 aliphatic carbocycles. The Kier molecular flexibility index (Phi) is 8.30. The molecule has 11 heteroatoms. The van der Waals surface area contributed by atoms with E-state index in [0.29, 0.717) is 23.9 Å². The molecule has 0 saturated carbocycles. The quantitative estimate of drug-likeness (QED) is 0.601. The molecule has 1 heterocycles. The van der Waals surface area contributed by atoms with E-state index in [4.69, 9.17) is 16.3 Å². The molecule has 0 spiro atoms. The lowest BCUT2D eigenvalue weighted by Crippen LogP contribution is -2.42. The number of hydrogen-bond acceptors (Lipinski definition) is 6. The number of carbonyl (C=O) groups excluding carboxylic acids is 2. The number of carbonyl (C=O) groups is 2. The van der Waals surface area contributed by atoms with Crippen LogP contribution in [0.1, 0.15) is 0 Å². The third-order valence-electron chi connectivity index (χ3n) is 5.21. The number of morpholine rings is 1. The van der Waals surface area contributed by atoms with Crippen LogP contribution in [0, 0.1) is 0 Å². The summed E-state index contributed by atoms with van der Waals surface area (Å²) < 4.78 is 31.6. The van der Waals surface area contributed by atoms with Gasteiger partial charge in [-0.1, -0.05) is 11.6 Å². The van der Waals surface area contributed by atoms with Crippen LogP contribution in [0.25, 0.3) is 0 Å². The fourth-order valence-corrected chi connectivity index (χ4v) is 4.51. The number of benzene rings is 2. The Labute approximate surface area is 198 Å². The van der Waals surface area contributed by atoms with Gasteiger partial charge in [0.05, 0.1) is 31.2 Å². The van der Waals surface area contributed by atoms with Gasteiger partial charge in [0.25, 0.3) is 0 Å². The minimum atomic E-state index is -3.86. The summed E-state index contributed by atoms with van der Waals surface area (Å²) in [6, 6.07) is 13.1. The molecule has 0 unspecified atom stereocenters. The summed E-state index contributed by atoms with van der Waals surface area (Å²) in [4.78, 5) is 28.3. The molecule has 178 valence electrons. The van der Waals surface area contributed by atoms with Crippen molar-refractivity contribution in [2.24, 2.45) is 0 Å². The van der Waals surface area contributed by atoms with E-state index in [0.717, 1.165) is 23.1 Å². The highest BCUT2D eigenvalue weighted by Gasteiger charge is 2.25. The predicted molar refractivity (Wildman–Crippen MR) is 127 cm³/mol. The molecular weight excluding hydrogens is 468 g/mol. The fourth-order valence-electron chi connectivity index (χ4n) is 3.26. The molecule has 2 aromatic rings. The van der Waals surface area contributed by atoms with Crippen LogP contribution in [0.3, 0.4) is 0 Å². The largest absolute Gasteiger partial charge is 0.378 e. The first-order valence-electron chi connectivity index (χ1n) is 10.4. The number of sulfonamides is 1. The highest BCUT2D eigenvalue weighted by molar-refractivity contribution is 7.89. The Morgan fingerprint density at radius 1 is 1.00 bits per heavy atom. The second-order valence-corrected chi connectivity index (χ2v) is 10.1. The molecule has 0 atom stereocenters. The van der Waals surface area contributed by atoms with Crippen molar-refractivity contribution >= 4 is 44.8 Å².